The zero-order valence-electron chi connectivity index (χ0n) is 20.1. The van der Waals surface area contributed by atoms with E-state index in [4.69, 9.17) is 4.52 Å². The van der Waals surface area contributed by atoms with Gasteiger partial charge in [0.05, 0.1) is 6.42 Å². The van der Waals surface area contributed by atoms with Crippen LogP contribution in [0.5, 0.6) is 0 Å². The number of amides is 1. The standard InChI is InChI=1S/C28H29N5O2/c1-20(2)28-30-27(31-35-28)24-12-13-25(29-19-24)32-14-16-33(17-15-32)26(34)18-21-8-10-23(11-9-21)22-6-4-3-5-7-22/h3-13,19-20H,14-18H2,1-2H3. The van der Waals surface area contributed by atoms with Crippen LogP contribution < -0.4 is 4.90 Å². The Bertz CT molecular complexity index is 1260. The Balaban J connectivity index is 1.14. The summed E-state index contributed by atoms with van der Waals surface area (Å²) in [6.07, 6.45) is 2.20. The lowest BCUT2D eigenvalue weighted by Crippen LogP contribution is -2.49. The fourth-order valence-electron chi connectivity index (χ4n) is 4.21. The van der Waals surface area contributed by atoms with Crippen LogP contribution in [0.4, 0.5) is 5.82 Å². The Kier molecular flexibility index (Phi) is 6.57. The summed E-state index contributed by atoms with van der Waals surface area (Å²) in [4.78, 5) is 26.1. The molecule has 5 rings (SSSR count). The molecule has 35 heavy (non-hydrogen) atoms. The van der Waals surface area contributed by atoms with E-state index >= 15 is 0 Å². The molecule has 1 saturated heterocycles. The lowest BCUT2D eigenvalue weighted by atomic mass is 10.0. The van der Waals surface area contributed by atoms with Crippen molar-refractivity contribution in [2.24, 2.45) is 0 Å². The van der Waals surface area contributed by atoms with Crippen molar-refractivity contribution in [3.05, 3.63) is 84.4 Å². The van der Waals surface area contributed by atoms with E-state index < -0.39 is 0 Å². The molecule has 0 bridgehead atoms. The molecule has 1 aliphatic heterocycles. The monoisotopic (exact) mass is 467 g/mol. The van der Waals surface area contributed by atoms with Crippen LogP contribution in [-0.2, 0) is 11.2 Å². The molecule has 0 spiro atoms. The number of aromatic nitrogens is 3. The predicted molar refractivity (Wildman–Crippen MR) is 136 cm³/mol. The van der Waals surface area contributed by atoms with E-state index in [1.165, 1.54) is 5.56 Å². The van der Waals surface area contributed by atoms with Crippen LogP contribution >= 0.6 is 0 Å². The summed E-state index contributed by atoms with van der Waals surface area (Å²) in [6, 6.07) is 22.5. The minimum Gasteiger partial charge on any atom is -0.353 e. The normalized spacial score (nSPS) is 13.9. The van der Waals surface area contributed by atoms with Gasteiger partial charge in [0.25, 0.3) is 0 Å². The van der Waals surface area contributed by atoms with Crippen molar-refractivity contribution in [3.63, 3.8) is 0 Å². The first-order valence-electron chi connectivity index (χ1n) is 12.0. The molecule has 7 heteroatoms. The molecule has 0 unspecified atom stereocenters. The largest absolute Gasteiger partial charge is 0.353 e. The van der Waals surface area contributed by atoms with E-state index in [0.717, 1.165) is 35.6 Å². The van der Waals surface area contributed by atoms with Crippen molar-refractivity contribution in [1.82, 2.24) is 20.0 Å². The molecule has 7 nitrogen and oxygen atoms in total. The van der Waals surface area contributed by atoms with E-state index in [1.54, 1.807) is 6.20 Å². The number of pyridine rings is 1. The van der Waals surface area contributed by atoms with Crippen molar-refractivity contribution in [2.75, 3.05) is 31.1 Å². The molecule has 0 aliphatic carbocycles. The Labute approximate surface area is 205 Å². The van der Waals surface area contributed by atoms with E-state index in [9.17, 15) is 4.79 Å². The van der Waals surface area contributed by atoms with Crippen LogP contribution in [0.3, 0.4) is 0 Å². The quantitative estimate of drug-likeness (QED) is 0.405. The topological polar surface area (TPSA) is 75.4 Å². The second kappa shape index (κ2) is 10.1. The molecule has 1 amide bonds. The van der Waals surface area contributed by atoms with Gasteiger partial charge in [-0.3, -0.25) is 4.79 Å². The highest BCUT2D eigenvalue weighted by molar-refractivity contribution is 5.79. The number of benzene rings is 2. The number of carbonyl (C=O) groups excluding carboxylic acids is 1. The number of nitrogens with zero attached hydrogens (tertiary/aromatic N) is 5. The molecule has 1 fully saturated rings. The predicted octanol–water partition coefficient (Wildman–Crippen LogP) is 4.81. The van der Waals surface area contributed by atoms with Crippen molar-refractivity contribution in [2.45, 2.75) is 26.2 Å². The zero-order valence-corrected chi connectivity index (χ0v) is 20.1. The maximum absolute atomic E-state index is 12.9. The molecule has 3 heterocycles. The van der Waals surface area contributed by atoms with Crippen LogP contribution in [0.2, 0.25) is 0 Å². The summed E-state index contributed by atoms with van der Waals surface area (Å²) in [7, 11) is 0. The molecule has 4 aromatic rings. The van der Waals surface area contributed by atoms with Gasteiger partial charge in [-0.25, -0.2) is 4.98 Å². The summed E-state index contributed by atoms with van der Waals surface area (Å²) < 4.78 is 5.29. The van der Waals surface area contributed by atoms with Gasteiger partial charge in [-0.15, -0.1) is 0 Å². The van der Waals surface area contributed by atoms with Gasteiger partial charge >= 0.3 is 0 Å². The molecule has 0 N–H and O–H groups in total. The average molecular weight is 468 g/mol. The number of piperazine rings is 1. The van der Waals surface area contributed by atoms with Gasteiger partial charge in [-0.1, -0.05) is 73.6 Å². The van der Waals surface area contributed by atoms with Gasteiger partial charge in [-0.05, 0) is 28.8 Å². The fraction of sp³-hybridized carbons (Fsp3) is 0.286. The Morgan fingerprint density at radius 3 is 2.20 bits per heavy atom. The highest BCUT2D eigenvalue weighted by Gasteiger charge is 2.22. The number of anilines is 1. The first-order chi connectivity index (χ1) is 17.1. The smallest absolute Gasteiger partial charge is 0.229 e. The van der Waals surface area contributed by atoms with Crippen molar-refractivity contribution in [1.29, 1.82) is 0 Å². The highest BCUT2D eigenvalue weighted by Crippen LogP contribution is 2.22. The lowest BCUT2D eigenvalue weighted by molar-refractivity contribution is -0.130. The zero-order chi connectivity index (χ0) is 24.2. The molecule has 2 aromatic carbocycles. The molecule has 1 aliphatic rings. The van der Waals surface area contributed by atoms with E-state index in [0.29, 0.717) is 31.2 Å². The molecule has 0 radical (unpaired) electrons. The second-order valence-electron chi connectivity index (χ2n) is 9.12. The van der Waals surface area contributed by atoms with Crippen LogP contribution in [0.1, 0.15) is 31.2 Å². The van der Waals surface area contributed by atoms with Crippen LogP contribution in [0.15, 0.2) is 77.4 Å². The van der Waals surface area contributed by atoms with Crippen LogP contribution in [-0.4, -0.2) is 52.1 Å². The summed E-state index contributed by atoms with van der Waals surface area (Å²) in [5.41, 5.74) is 4.21. The minimum atomic E-state index is 0.165. The Morgan fingerprint density at radius 2 is 1.57 bits per heavy atom. The number of hydrogen-bond acceptors (Lipinski definition) is 6. The first-order valence-corrected chi connectivity index (χ1v) is 12.0. The summed E-state index contributed by atoms with van der Waals surface area (Å²) >= 11 is 0. The maximum atomic E-state index is 12.9. The van der Waals surface area contributed by atoms with E-state index in [-0.39, 0.29) is 11.8 Å². The fourth-order valence-corrected chi connectivity index (χ4v) is 4.21. The summed E-state index contributed by atoms with van der Waals surface area (Å²) in [5.74, 6) is 2.43. The summed E-state index contributed by atoms with van der Waals surface area (Å²) in [6.45, 7) is 6.92. The number of rotatable bonds is 6. The molecular weight excluding hydrogens is 438 g/mol. The van der Waals surface area contributed by atoms with Crippen molar-refractivity contribution < 1.29 is 9.32 Å². The van der Waals surface area contributed by atoms with Gasteiger partial charge in [0.15, 0.2) is 0 Å². The number of carbonyl (C=O) groups is 1. The molecular formula is C28H29N5O2. The molecule has 178 valence electrons. The van der Waals surface area contributed by atoms with Crippen LogP contribution in [0.25, 0.3) is 22.5 Å². The lowest BCUT2D eigenvalue weighted by Gasteiger charge is -2.35. The first kappa shape index (κ1) is 22.8. The second-order valence-corrected chi connectivity index (χ2v) is 9.12. The van der Waals surface area contributed by atoms with Crippen molar-refractivity contribution >= 4 is 11.7 Å². The molecule has 0 saturated carbocycles. The van der Waals surface area contributed by atoms with Gasteiger partial charge in [0.1, 0.15) is 5.82 Å². The molecule has 0 atom stereocenters. The number of hydrogen-bond donors (Lipinski definition) is 0. The van der Waals surface area contributed by atoms with Gasteiger partial charge in [0.2, 0.25) is 17.6 Å². The van der Waals surface area contributed by atoms with E-state index in [1.807, 2.05) is 49.1 Å². The minimum absolute atomic E-state index is 0.165. The third-order valence-electron chi connectivity index (χ3n) is 6.31. The van der Waals surface area contributed by atoms with Gasteiger partial charge in [0, 0.05) is 43.9 Å². The third-order valence-corrected chi connectivity index (χ3v) is 6.31. The van der Waals surface area contributed by atoms with E-state index in [2.05, 4.69) is 56.4 Å². The van der Waals surface area contributed by atoms with Gasteiger partial charge < -0.3 is 14.3 Å². The maximum Gasteiger partial charge on any atom is 0.229 e. The summed E-state index contributed by atoms with van der Waals surface area (Å²) in [5, 5.41) is 4.05. The third kappa shape index (κ3) is 5.24. The van der Waals surface area contributed by atoms with Crippen LogP contribution in [0, 0.1) is 0 Å². The molecule has 2 aromatic heterocycles. The average Bonchev–Trinajstić information content (AvgIpc) is 3.41. The Morgan fingerprint density at radius 1 is 0.886 bits per heavy atom. The van der Waals surface area contributed by atoms with Crippen molar-refractivity contribution in [3.8, 4) is 22.5 Å². The Hall–Kier alpha value is -4.00. The highest BCUT2D eigenvalue weighted by atomic mass is 16.5. The van der Waals surface area contributed by atoms with Gasteiger partial charge in [-0.2, -0.15) is 4.98 Å². The SMILES string of the molecule is CC(C)c1nc(-c2ccc(N3CCN(C(=O)Cc4ccc(-c5ccccc5)cc4)CC3)nc2)no1.